The largest absolute Gasteiger partial charge is 0.351 e. The van der Waals surface area contributed by atoms with E-state index in [0.29, 0.717) is 34.1 Å². The third kappa shape index (κ3) is 5.15. The minimum absolute atomic E-state index is 0.303. The second-order valence-electron chi connectivity index (χ2n) is 8.09. The first-order chi connectivity index (χ1) is 15.6. The predicted octanol–water partition coefficient (Wildman–Crippen LogP) is 5.15. The van der Waals surface area contributed by atoms with E-state index in [-0.39, 0.29) is 0 Å². The lowest BCUT2D eigenvalue weighted by Crippen LogP contribution is -2.33. The van der Waals surface area contributed by atoms with Crippen LogP contribution in [0.2, 0.25) is 5.15 Å². The fourth-order valence-electron chi connectivity index (χ4n) is 3.93. The number of anilines is 3. The fourth-order valence-corrected chi connectivity index (χ4v) is 4.97. The average Bonchev–Trinajstić information content (AvgIpc) is 3.17. The van der Waals surface area contributed by atoms with Gasteiger partial charge in [0.05, 0.1) is 5.69 Å². The summed E-state index contributed by atoms with van der Waals surface area (Å²) in [5.41, 5.74) is 9.00. The van der Waals surface area contributed by atoms with Gasteiger partial charge >= 0.3 is 0 Å². The van der Waals surface area contributed by atoms with Crippen molar-refractivity contribution in [1.82, 2.24) is 19.9 Å². The van der Waals surface area contributed by atoms with E-state index in [4.69, 9.17) is 27.3 Å². The maximum Gasteiger partial charge on any atom is 0.225 e. The number of hydrogen-bond donors (Lipinski definition) is 3. The first kappa shape index (κ1) is 21.1. The van der Waals surface area contributed by atoms with Crippen molar-refractivity contribution < 1.29 is 0 Å². The van der Waals surface area contributed by atoms with Crippen molar-refractivity contribution in [2.24, 2.45) is 5.73 Å². The van der Waals surface area contributed by atoms with Crippen molar-refractivity contribution in [3.63, 3.8) is 0 Å². The van der Waals surface area contributed by atoms with Crippen LogP contribution in [0, 0.1) is 0 Å². The van der Waals surface area contributed by atoms with Gasteiger partial charge in [-0.25, -0.2) is 15.0 Å². The number of halogens is 1. The van der Waals surface area contributed by atoms with Gasteiger partial charge < -0.3 is 16.4 Å². The molecule has 0 unspecified atom stereocenters. The molecule has 0 spiro atoms. The number of pyridine rings is 1. The number of nitrogens with two attached hydrogens (primary N) is 1. The topological polar surface area (TPSA) is 102 Å². The first-order valence-corrected chi connectivity index (χ1v) is 11.9. The zero-order valence-corrected chi connectivity index (χ0v) is 19.0. The predicted molar refractivity (Wildman–Crippen MR) is 131 cm³/mol. The smallest absolute Gasteiger partial charge is 0.225 e. The molecule has 0 atom stereocenters. The Bertz CT molecular complexity index is 1210. The standard InChI is InChI=1S/C23H24ClN7S/c24-19-11-10-18-21(29-19)32-23(28-18)31-20-13-17(12-14-4-2-1-3-5-14)27-22(30-20)26-16-8-6-15(25)7-9-16/h1-5,10-11,13,15-16H,6-9,12,25H2,(H2,26,27,28,30,31). The number of aromatic nitrogens is 4. The highest BCUT2D eigenvalue weighted by Crippen LogP contribution is 2.28. The normalized spacial score (nSPS) is 18.6. The minimum atomic E-state index is 0.303. The number of benzene rings is 1. The van der Waals surface area contributed by atoms with E-state index in [2.05, 4.69) is 32.7 Å². The highest BCUT2D eigenvalue weighted by atomic mass is 35.5. The first-order valence-electron chi connectivity index (χ1n) is 10.7. The minimum Gasteiger partial charge on any atom is -0.351 e. The molecule has 5 rings (SSSR count). The Hall–Kier alpha value is -2.81. The molecule has 0 aliphatic heterocycles. The summed E-state index contributed by atoms with van der Waals surface area (Å²) in [6, 6.07) is 16.5. The van der Waals surface area contributed by atoms with E-state index < -0.39 is 0 Å². The quantitative estimate of drug-likeness (QED) is 0.338. The summed E-state index contributed by atoms with van der Waals surface area (Å²) >= 11 is 7.46. The monoisotopic (exact) mass is 465 g/mol. The Morgan fingerprint density at radius 1 is 0.969 bits per heavy atom. The van der Waals surface area contributed by atoms with Crippen LogP contribution < -0.4 is 16.4 Å². The number of fused-ring (bicyclic) bond motifs is 1. The molecule has 3 aromatic heterocycles. The summed E-state index contributed by atoms with van der Waals surface area (Å²) in [5, 5.41) is 8.03. The van der Waals surface area contributed by atoms with E-state index in [1.807, 2.05) is 30.3 Å². The van der Waals surface area contributed by atoms with Gasteiger partial charge in [-0.2, -0.15) is 4.98 Å². The Labute approximate surface area is 195 Å². The van der Waals surface area contributed by atoms with E-state index >= 15 is 0 Å². The van der Waals surface area contributed by atoms with Gasteiger partial charge in [0.1, 0.15) is 21.3 Å². The Morgan fingerprint density at radius 2 is 1.78 bits per heavy atom. The molecule has 0 radical (unpaired) electrons. The second-order valence-corrected chi connectivity index (χ2v) is 9.45. The summed E-state index contributed by atoms with van der Waals surface area (Å²) in [6.07, 6.45) is 4.82. The molecule has 9 heteroatoms. The van der Waals surface area contributed by atoms with Crippen molar-refractivity contribution in [2.75, 3.05) is 10.6 Å². The van der Waals surface area contributed by atoms with E-state index in [0.717, 1.165) is 48.1 Å². The number of rotatable bonds is 6. The summed E-state index contributed by atoms with van der Waals surface area (Å²) < 4.78 is 0. The van der Waals surface area contributed by atoms with Crippen LogP contribution in [0.5, 0.6) is 0 Å². The molecule has 1 aliphatic carbocycles. The van der Waals surface area contributed by atoms with Crippen molar-refractivity contribution >= 4 is 50.2 Å². The summed E-state index contributed by atoms with van der Waals surface area (Å²) in [4.78, 5) is 19.3. The van der Waals surface area contributed by atoms with Gasteiger partial charge in [0.15, 0.2) is 5.13 Å². The van der Waals surface area contributed by atoms with Crippen LogP contribution in [0.25, 0.3) is 10.3 Å². The highest BCUT2D eigenvalue weighted by molar-refractivity contribution is 7.21. The van der Waals surface area contributed by atoms with E-state index in [9.17, 15) is 0 Å². The van der Waals surface area contributed by atoms with Crippen LogP contribution in [0.4, 0.5) is 16.9 Å². The molecule has 32 heavy (non-hydrogen) atoms. The molecule has 164 valence electrons. The molecule has 1 aromatic carbocycles. The van der Waals surface area contributed by atoms with Crippen molar-refractivity contribution in [1.29, 1.82) is 0 Å². The molecule has 3 heterocycles. The van der Waals surface area contributed by atoms with Crippen molar-refractivity contribution in [3.8, 4) is 0 Å². The number of thiazole rings is 1. The molecule has 4 aromatic rings. The Balaban J connectivity index is 1.42. The maximum atomic E-state index is 6.06. The van der Waals surface area contributed by atoms with Crippen LogP contribution in [0.1, 0.15) is 36.9 Å². The lowest BCUT2D eigenvalue weighted by Gasteiger charge is -2.27. The Kier molecular flexibility index (Phi) is 6.16. The molecular weight excluding hydrogens is 442 g/mol. The molecule has 7 nitrogen and oxygen atoms in total. The maximum absolute atomic E-state index is 6.06. The van der Waals surface area contributed by atoms with E-state index in [1.165, 1.54) is 16.9 Å². The van der Waals surface area contributed by atoms with E-state index in [1.54, 1.807) is 6.07 Å². The van der Waals surface area contributed by atoms with Crippen LogP contribution in [0.15, 0.2) is 48.5 Å². The zero-order valence-electron chi connectivity index (χ0n) is 17.5. The van der Waals surface area contributed by atoms with Crippen LogP contribution in [-0.2, 0) is 6.42 Å². The molecule has 0 saturated heterocycles. The van der Waals surface area contributed by atoms with Gasteiger partial charge in [-0.1, -0.05) is 53.3 Å². The summed E-state index contributed by atoms with van der Waals surface area (Å²) in [6.45, 7) is 0. The average molecular weight is 466 g/mol. The van der Waals surface area contributed by atoms with Gasteiger partial charge in [0.25, 0.3) is 0 Å². The molecular formula is C23H24ClN7S. The molecule has 1 aliphatic rings. The van der Waals surface area contributed by atoms with Gasteiger partial charge in [-0.15, -0.1) is 0 Å². The molecule has 1 saturated carbocycles. The number of nitrogens with zero attached hydrogens (tertiary/aromatic N) is 4. The highest BCUT2D eigenvalue weighted by Gasteiger charge is 2.20. The number of nitrogens with one attached hydrogen (secondary N) is 2. The lowest BCUT2D eigenvalue weighted by molar-refractivity contribution is 0.410. The van der Waals surface area contributed by atoms with Gasteiger partial charge in [0.2, 0.25) is 5.95 Å². The molecule has 0 amide bonds. The second kappa shape index (κ2) is 9.36. The molecule has 4 N–H and O–H groups in total. The summed E-state index contributed by atoms with van der Waals surface area (Å²) in [7, 11) is 0. The molecule has 1 fully saturated rings. The molecule has 0 bridgehead atoms. The third-order valence-corrected chi connectivity index (χ3v) is 6.66. The third-order valence-electron chi connectivity index (χ3n) is 5.57. The Morgan fingerprint density at radius 3 is 2.59 bits per heavy atom. The van der Waals surface area contributed by atoms with Crippen molar-refractivity contribution in [2.45, 2.75) is 44.2 Å². The SMILES string of the molecule is NC1CCC(Nc2nc(Cc3ccccc3)cc(Nc3nc4ccc(Cl)nc4s3)n2)CC1. The zero-order chi connectivity index (χ0) is 21.9. The van der Waals surface area contributed by atoms with Gasteiger partial charge in [-0.05, 0) is 43.4 Å². The summed E-state index contributed by atoms with van der Waals surface area (Å²) in [5.74, 6) is 1.33. The fraction of sp³-hybridized carbons (Fsp3) is 0.304. The van der Waals surface area contributed by atoms with Crippen molar-refractivity contribution in [3.05, 3.63) is 64.9 Å². The van der Waals surface area contributed by atoms with Crippen LogP contribution in [0.3, 0.4) is 0 Å². The number of hydrogen-bond acceptors (Lipinski definition) is 8. The van der Waals surface area contributed by atoms with Crippen LogP contribution in [-0.4, -0.2) is 32.0 Å². The van der Waals surface area contributed by atoms with Crippen LogP contribution >= 0.6 is 22.9 Å². The lowest BCUT2D eigenvalue weighted by atomic mass is 9.92. The van der Waals surface area contributed by atoms with Gasteiger partial charge in [0, 0.05) is 24.6 Å². The van der Waals surface area contributed by atoms with Gasteiger partial charge in [-0.3, -0.25) is 0 Å².